The van der Waals surface area contributed by atoms with Crippen molar-refractivity contribution in [3.05, 3.63) is 29.6 Å². The van der Waals surface area contributed by atoms with E-state index in [0.717, 1.165) is 30.8 Å². The van der Waals surface area contributed by atoms with Gasteiger partial charge in [0.15, 0.2) is 0 Å². The highest BCUT2D eigenvalue weighted by molar-refractivity contribution is 5.58. The molecule has 0 N–H and O–H groups in total. The monoisotopic (exact) mass is 165 g/mol. The lowest BCUT2D eigenvalue weighted by atomic mass is 10.1. The van der Waals surface area contributed by atoms with Crippen LogP contribution < -0.4 is 4.90 Å². The maximum absolute atomic E-state index is 13.2. The van der Waals surface area contributed by atoms with Crippen molar-refractivity contribution in [2.45, 2.75) is 13.3 Å². The minimum Gasteiger partial charge on any atom is -0.371 e. The van der Waals surface area contributed by atoms with Crippen molar-refractivity contribution >= 4 is 5.69 Å². The Balaban J connectivity index is 2.46. The number of hydrogen-bond donors (Lipinski definition) is 0. The summed E-state index contributed by atoms with van der Waals surface area (Å²) >= 11 is 0. The maximum Gasteiger partial charge on any atom is 0.128 e. The number of rotatable bonds is 1. The predicted molar refractivity (Wildman–Crippen MR) is 48.0 cm³/mol. The van der Waals surface area contributed by atoms with Crippen molar-refractivity contribution in [1.29, 1.82) is 0 Å². The average Bonchev–Trinajstić information content (AvgIpc) is 2.49. The number of hydrogen-bond acceptors (Lipinski definition) is 1. The fourth-order valence-electron chi connectivity index (χ4n) is 1.79. The molecule has 0 bridgehead atoms. The molecular formula is C10H12FN. The van der Waals surface area contributed by atoms with Crippen LogP contribution in [0.15, 0.2) is 18.2 Å². The third kappa shape index (κ3) is 0.986. The lowest BCUT2D eigenvalue weighted by Crippen LogP contribution is -2.18. The molecule has 0 amide bonds. The van der Waals surface area contributed by atoms with Gasteiger partial charge in [0.05, 0.1) is 0 Å². The molecule has 1 nitrogen and oxygen atoms in total. The van der Waals surface area contributed by atoms with E-state index in [0.29, 0.717) is 0 Å². The quantitative estimate of drug-likeness (QED) is 0.616. The van der Waals surface area contributed by atoms with Crippen molar-refractivity contribution in [3.63, 3.8) is 0 Å². The van der Waals surface area contributed by atoms with E-state index in [1.807, 2.05) is 6.07 Å². The normalized spacial score (nSPS) is 15.0. The standard InChI is InChI=1S/C10H12FN/c1-2-12-7-6-8-9(11)4-3-5-10(8)12/h3-5H,2,6-7H2,1H3. The summed E-state index contributed by atoms with van der Waals surface area (Å²) in [5.74, 6) is -0.0524. The van der Waals surface area contributed by atoms with Gasteiger partial charge >= 0.3 is 0 Å². The Kier molecular flexibility index (Phi) is 1.75. The smallest absolute Gasteiger partial charge is 0.128 e. The summed E-state index contributed by atoms with van der Waals surface area (Å²) in [7, 11) is 0. The summed E-state index contributed by atoms with van der Waals surface area (Å²) in [6, 6.07) is 5.31. The molecule has 12 heavy (non-hydrogen) atoms. The van der Waals surface area contributed by atoms with Crippen LogP contribution in [-0.4, -0.2) is 13.1 Å². The Hall–Kier alpha value is -1.05. The summed E-state index contributed by atoms with van der Waals surface area (Å²) in [5.41, 5.74) is 1.97. The summed E-state index contributed by atoms with van der Waals surface area (Å²) in [6.45, 7) is 4.03. The van der Waals surface area contributed by atoms with E-state index in [1.54, 1.807) is 6.07 Å². The fraction of sp³-hybridized carbons (Fsp3) is 0.400. The number of nitrogens with zero attached hydrogens (tertiary/aromatic N) is 1. The highest BCUT2D eigenvalue weighted by Crippen LogP contribution is 2.29. The van der Waals surface area contributed by atoms with Crippen LogP contribution in [0.3, 0.4) is 0 Å². The van der Waals surface area contributed by atoms with E-state index in [4.69, 9.17) is 0 Å². The first-order chi connectivity index (χ1) is 5.83. The van der Waals surface area contributed by atoms with Gasteiger partial charge < -0.3 is 4.90 Å². The summed E-state index contributed by atoms with van der Waals surface area (Å²) in [4.78, 5) is 2.21. The lowest BCUT2D eigenvalue weighted by Gasteiger charge is -2.15. The number of likely N-dealkylation sites (N-methyl/N-ethyl adjacent to an activating group) is 1. The van der Waals surface area contributed by atoms with Crippen LogP contribution in [0.4, 0.5) is 10.1 Å². The largest absolute Gasteiger partial charge is 0.371 e. The highest BCUT2D eigenvalue weighted by Gasteiger charge is 2.19. The zero-order valence-corrected chi connectivity index (χ0v) is 7.18. The molecule has 2 heteroatoms. The molecule has 0 atom stereocenters. The second-order valence-corrected chi connectivity index (χ2v) is 3.07. The first kappa shape index (κ1) is 7.59. The minimum absolute atomic E-state index is 0.0524. The number of halogens is 1. The molecule has 0 aromatic heterocycles. The molecule has 0 saturated heterocycles. The Bertz CT molecular complexity index is 296. The van der Waals surface area contributed by atoms with E-state index in [9.17, 15) is 4.39 Å². The van der Waals surface area contributed by atoms with Crippen LogP contribution in [0, 0.1) is 5.82 Å². The molecule has 1 aromatic rings. The third-order valence-electron chi connectivity index (χ3n) is 2.45. The number of fused-ring (bicyclic) bond motifs is 1. The minimum atomic E-state index is -0.0524. The van der Waals surface area contributed by atoms with E-state index in [-0.39, 0.29) is 5.82 Å². The van der Waals surface area contributed by atoms with E-state index < -0.39 is 0 Å². The van der Waals surface area contributed by atoms with Crippen molar-refractivity contribution in [2.24, 2.45) is 0 Å². The van der Waals surface area contributed by atoms with Gasteiger partial charge in [-0.2, -0.15) is 0 Å². The molecular weight excluding hydrogens is 153 g/mol. The van der Waals surface area contributed by atoms with Crippen LogP contribution in [0.25, 0.3) is 0 Å². The number of benzene rings is 1. The molecule has 2 rings (SSSR count). The van der Waals surface area contributed by atoms with Crippen LogP contribution in [0.5, 0.6) is 0 Å². The van der Waals surface area contributed by atoms with Crippen molar-refractivity contribution in [3.8, 4) is 0 Å². The zero-order chi connectivity index (χ0) is 8.55. The van der Waals surface area contributed by atoms with Gasteiger partial charge in [-0.1, -0.05) is 6.07 Å². The lowest BCUT2D eigenvalue weighted by molar-refractivity contribution is 0.615. The first-order valence-corrected chi connectivity index (χ1v) is 4.35. The van der Waals surface area contributed by atoms with E-state index in [1.165, 1.54) is 6.07 Å². The second-order valence-electron chi connectivity index (χ2n) is 3.07. The molecule has 1 aromatic carbocycles. The zero-order valence-electron chi connectivity index (χ0n) is 7.18. The Labute approximate surface area is 71.8 Å². The molecule has 0 aliphatic carbocycles. The van der Waals surface area contributed by atoms with Gasteiger partial charge in [0.1, 0.15) is 5.82 Å². The maximum atomic E-state index is 13.2. The highest BCUT2D eigenvalue weighted by atomic mass is 19.1. The van der Waals surface area contributed by atoms with Gasteiger partial charge in [0, 0.05) is 24.3 Å². The molecule has 1 aliphatic rings. The van der Waals surface area contributed by atoms with Crippen LogP contribution in [0.1, 0.15) is 12.5 Å². The molecule has 1 heterocycles. The third-order valence-corrected chi connectivity index (χ3v) is 2.45. The van der Waals surface area contributed by atoms with Gasteiger partial charge in [-0.3, -0.25) is 0 Å². The molecule has 0 unspecified atom stereocenters. The molecule has 0 radical (unpaired) electrons. The molecule has 0 fully saturated rings. The topological polar surface area (TPSA) is 3.24 Å². The average molecular weight is 165 g/mol. The summed E-state index contributed by atoms with van der Waals surface area (Å²) < 4.78 is 13.2. The van der Waals surface area contributed by atoms with Gasteiger partial charge in [0.2, 0.25) is 0 Å². The Morgan fingerprint density at radius 3 is 3.08 bits per heavy atom. The van der Waals surface area contributed by atoms with Gasteiger partial charge in [-0.15, -0.1) is 0 Å². The first-order valence-electron chi connectivity index (χ1n) is 4.35. The van der Waals surface area contributed by atoms with Gasteiger partial charge in [0.25, 0.3) is 0 Å². The second kappa shape index (κ2) is 2.77. The molecule has 1 aliphatic heterocycles. The van der Waals surface area contributed by atoms with Crippen LogP contribution in [-0.2, 0) is 6.42 Å². The summed E-state index contributed by atoms with van der Waals surface area (Å²) in [6.07, 6.45) is 0.857. The molecule has 0 saturated carbocycles. The van der Waals surface area contributed by atoms with E-state index in [2.05, 4.69) is 11.8 Å². The summed E-state index contributed by atoms with van der Waals surface area (Å²) in [5, 5.41) is 0. The van der Waals surface area contributed by atoms with Crippen molar-refractivity contribution in [2.75, 3.05) is 18.0 Å². The Morgan fingerprint density at radius 2 is 2.33 bits per heavy atom. The van der Waals surface area contributed by atoms with Gasteiger partial charge in [-0.25, -0.2) is 4.39 Å². The van der Waals surface area contributed by atoms with E-state index >= 15 is 0 Å². The molecule has 64 valence electrons. The van der Waals surface area contributed by atoms with Crippen LogP contribution in [0.2, 0.25) is 0 Å². The Morgan fingerprint density at radius 1 is 1.50 bits per heavy atom. The number of anilines is 1. The van der Waals surface area contributed by atoms with Crippen molar-refractivity contribution < 1.29 is 4.39 Å². The van der Waals surface area contributed by atoms with Crippen molar-refractivity contribution in [1.82, 2.24) is 0 Å². The van der Waals surface area contributed by atoms with Gasteiger partial charge in [-0.05, 0) is 25.5 Å². The van der Waals surface area contributed by atoms with Crippen LogP contribution >= 0.6 is 0 Å². The SMILES string of the molecule is CCN1CCc2c(F)cccc21. The fourth-order valence-corrected chi connectivity index (χ4v) is 1.79. The molecule has 0 spiro atoms. The predicted octanol–water partition coefficient (Wildman–Crippen LogP) is 2.21.